The number of fused-ring (bicyclic) bond motifs is 1. The van der Waals surface area contributed by atoms with Crippen LogP contribution in [0.15, 0.2) is 54.9 Å². The molecule has 3 saturated heterocycles. The largest absolute Gasteiger partial charge is 0.370 e. The molecule has 1 saturated carbocycles. The highest BCUT2D eigenvalue weighted by Gasteiger charge is 2.30. The lowest BCUT2D eigenvalue weighted by molar-refractivity contribution is -0.120. The summed E-state index contributed by atoms with van der Waals surface area (Å²) < 4.78 is 2.13. The molecule has 0 bridgehead atoms. The van der Waals surface area contributed by atoms with Crippen LogP contribution in [-0.2, 0) is 11.3 Å². The number of hydrogen-bond donors (Lipinski definition) is 2. The minimum absolute atomic E-state index is 0.0192. The Bertz CT molecular complexity index is 1960. The van der Waals surface area contributed by atoms with Crippen LogP contribution in [0.4, 0.5) is 27.9 Å². The summed E-state index contributed by atoms with van der Waals surface area (Å²) >= 11 is 0. The van der Waals surface area contributed by atoms with E-state index in [4.69, 9.17) is 9.97 Å². The third-order valence-electron chi connectivity index (χ3n) is 11.4. The molecule has 4 amide bonds. The molecule has 6 heterocycles. The highest BCUT2D eigenvalue weighted by Crippen LogP contribution is 2.35. The topological polar surface area (TPSA) is 135 Å². The van der Waals surface area contributed by atoms with Gasteiger partial charge in [0.05, 0.1) is 11.9 Å². The first kappa shape index (κ1) is 35.0. The fourth-order valence-electron chi connectivity index (χ4n) is 8.47. The minimum Gasteiger partial charge on any atom is -0.370 e. The molecule has 3 aromatic heterocycles. The van der Waals surface area contributed by atoms with E-state index < -0.39 is 0 Å². The van der Waals surface area contributed by atoms with Crippen LogP contribution in [0.25, 0.3) is 11.0 Å². The van der Waals surface area contributed by atoms with Gasteiger partial charge in [0.2, 0.25) is 11.9 Å². The number of pyridine rings is 1. The van der Waals surface area contributed by atoms with Crippen molar-refractivity contribution >= 4 is 52.0 Å². The van der Waals surface area contributed by atoms with Crippen molar-refractivity contribution < 1.29 is 14.4 Å². The van der Waals surface area contributed by atoms with Crippen LogP contribution in [0, 0.1) is 0 Å². The first-order valence-electron chi connectivity index (χ1n) is 19.0. The summed E-state index contributed by atoms with van der Waals surface area (Å²) in [5.41, 5.74) is 4.57. The van der Waals surface area contributed by atoms with E-state index in [0.717, 1.165) is 112 Å². The first-order chi connectivity index (χ1) is 25.8. The normalized spacial score (nSPS) is 19.6. The van der Waals surface area contributed by atoms with Gasteiger partial charge in [0.15, 0.2) is 0 Å². The van der Waals surface area contributed by atoms with E-state index in [-0.39, 0.29) is 23.9 Å². The van der Waals surface area contributed by atoms with Crippen LogP contribution < -0.4 is 20.4 Å². The van der Waals surface area contributed by atoms with E-state index in [1.165, 1.54) is 0 Å². The summed E-state index contributed by atoms with van der Waals surface area (Å²) in [5.74, 6) is 0.918. The number of amides is 4. The van der Waals surface area contributed by atoms with Crippen LogP contribution in [0.1, 0.15) is 67.0 Å². The van der Waals surface area contributed by atoms with Crippen LogP contribution >= 0.6 is 0 Å². The maximum Gasteiger partial charge on any atom is 0.328 e. The van der Waals surface area contributed by atoms with Gasteiger partial charge in [-0.3, -0.25) is 29.6 Å². The van der Waals surface area contributed by atoms with Crippen molar-refractivity contribution in [3.8, 4) is 0 Å². The van der Waals surface area contributed by atoms with Gasteiger partial charge in [-0.05, 0) is 55.5 Å². The molecule has 14 heteroatoms. The Hall–Kier alpha value is -5.08. The molecule has 0 unspecified atom stereocenters. The summed E-state index contributed by atoms with van der Waals surface area (Å²) in [5, 5.41) is 6.61. The summed E-state index contributed by atoms with van der Waals surface area (Å²) in [6.07, 6.45) is 10.7. The molecule has 14 nitrogen and oxygen atoms in total. The number of carbonyl (C=O) groups is 3. The van der Waals surface area contributed by atoms with E-state index >= 15 is 0 Å². The maximum absolute atomic E-state index is 13.1. The van der Waals surface area contributed by atoms with Crippen molar-refractivity contribution in [2.75, 3.05) is 75.0 Å². The number of piperazine rings is 1. The second-order valence-electron chi connectivity index (χ2n) is 15.0. The third kappa shape index (κ3) is 7.42. The molecule has 1 aromatic carbocycles. The quantitative estimate of drug-likeness (QED) is 0.253. The molecular formula is C39H49N11O3. The maximum atomic E-state index is 13.1. The average Bonchev–Trinajstić information content (AvgIpc) is 3.84. The molecule has 4 aliphatic rings. The lowest BCUT2D eigenvalue weighted by Gasteiger charge is -2.43. The number of para-hydroxylation sites is 1. The number of urea groups is 1. The molecule has 2 N–H and O–H groups in total. The second-order valence-corrected chi connectivity index (χ2v) is 15.0. The summed E-state index contributed by atoms with van der Waals surface area (Å²) in [4.78, 5) is 62.3. The molecule has 53 heavy (non-hydrogen) atoms. The van der Waals surface area contributed by atoms with Gasteiger partial charge in [-0.25, -0.2) is 14.8 Å². The number of carbonyl (C=O) groups excluding carboxylic acids is 3. The van der Waals surface area contributed by atoms with Crippen molar-refractivity contribution in [3.05, 3.63) is 66.1 Å². The van der Waals surface area contributed by atoms with Gasteiger partial charge < -0.3 is 19.7 Å². The zero-order valence-corrected chi connectivity index (χ0v) is 30.7. The SMILES string of the molecule is CN(C)C(=O)c1cc2cnc(Nc3ccc(N4CCC(N5CCN(Cc6ccccc6N6CCC(=O)NC6=O)CC5)CC4)cn3)nc2n1C1CCCC1. The van der Waals surface area contributed by atoms with Gasteiger partial charge >= 0.3 is 6.03 Å². The highest BCUT2D eigenvalue weighted by atomic mass is 16.2. The summed E-state index contributed by atoms with van der Waals surface area (Å²) in [6, 6.07) is 14.6. The third-order valence-corrected chi connectivity index (χ3v) is 11.4. The van der Waals surface area contributed by atoms with Gasteiger partial charge in [0.25, 0.3) is 5.91 Å². The number of nitrogens with zero attached hydrogens (tertiary/aromatic N) is 9. The van der Waals surface area contributed by atoms with Crippen LogP contribution in [0.2, 0.25) is 0 Å². The fourth-order valence-corrected chi connectivity index (χ4v) is 8.47. The number of aromatic nitrogens is 4. The van der Waals surface area contributed by atoms with Crippen LogP contribution in [0.3, 0.4) is 0 Å². The monoisotopic (exact) mass is 719 g/mol. The first-order valence-corrected chi connectivity index (χ1v) is 19.0. The predicted octanol–water partition coefficient (Wildman–Crippen LogP) is 4.62. The highest BCUT2D eigenvalue weighted by molar-refractivity contribution is 6.06. The molecule has 8 rings (SSSR count). The summed E-state index contributed by atoms with van der Waals surface area (Å²) in [6.45, 7) is 7.19. The Kier molecular flexibility index (Phi) is 9.97. The number of imide groups is 1. The molecule has 1 aliphatic carbocycles. The van der Waals surface area contributed by atoms with Gasteiger partial charge in [-0.2, -0.15) is 4.98 Å². The molecule has 4 aromatic rings. The fraction of sp³-hybridized carbons (Fsp3) is 0.487. The van der Waals surface area contributed by atoms with Gasteiger partial charge in [-0.1, -0.05) is 31.0 Å². The molecular weight excluding hydrogens is 671 g/mol. The molecule has 0 atom stereocenters. The van der Waals surface area contributed by atoms with Gasteiger partial charge in [0, 0.05) is 102 Å². The minimum atomic E-state index is -0.337. The van der Waals surface area contributed by atoms with E-state index in [1.54, 1.807) is 30.1 Å². The zero-order chi connectivity index (χ0) is 36.5. The van der Waals surface area contributed by atoms with Gasteiger partial charge in [0.1, 0.15) is 17.2 Å². The lowest BCUT2D eigenvalue weighted by Crippen LogP contribution is -2.53. The number of anilines is 4. The Morgan fingerprint density at radius 3 is 2.38 bits per heavy atom. The smallest absolute Gasteiger partial charge is 0.328 e. The molecule has 4 fully saturated rings. The van der Waals surface area contributed by atoms with Gasteiger partial charge in [-0.15, -0.1) is 0 Å². The summed E-state index contributed by atoms with van der Waals surface area (Å²) in [7, 11) is 3.57. The Morgan fingerprint density at radius 2 is 1.66 bits per heavy atom. The molecule has 3 aliphatic heterocycles. The number of nitrogens with one attached hydrogen (secondary N) is 2. The van der Waals surface area contributed by atoms with E-state index in [1.807, 2.05) is 36.5 Å². The van der Waals surface area contributed by atoms with E-state index in [0.29, 0.717) is 36.5 Å². The number of rotatable bonds is 9. The van der Waals surface area contributed by atoms with Crippen molar-refractivity contribution in [1.29, 1.82) is 0 Å². The van der Waals surface area contributed by atoms with Crippen molar-refractivity contribution in [3.63, 3.8) is 0 Å². The average molecular weight is 720 g/mol. The zero-order valence-electron chi connectivity index (χ0n) is 30.7. The number of benzene rings is 1. The molecule has 0 spiro atoms. The van der Waals surface area contributed by atoms with E-state index in [2.05, 4.69) is 47.0 Å². The standard InChI is InChI=1S/C39H49N11O3/c1-45(2)37(52)33-23-28-24-41-38(44-36(28)50(33)30-8-4-5-9-30)42-34-12-11-31(25-40-34)47-16-13-29(14-17-47)48-21-19-46(20-22-48)26-27-7-3-6-10-32(27)49-18-15-35(51)43-39(49)53/h3,6-7,10-12,23-25,29-30H,4-5,8-9,13-22,26H2,1-2H3,(H,43,51,53)(H,40,41,42,44). The molecule has 278 valence electrons. The lowest BCUT2D eigenvalue weighted by atomic mass is 10.0. The van der Waals surface area contributed by atoms with Crippen LogP contribution in [0.5, 0.6) is 0 Å². The van der Waals surface area contributed by atoms with E-state index in [9.17, 15) is 14.4 Å². The Labute approximate surface area is 310 Å². The number of hydrogen-bond acceptors (Lipinski definition) is 10. The van der Waals surface area contributed by atoms with Crippen molar-refractivity contribution in [2.45, 2.75) is 63.6 Å². The second kappa shape index (κ2) is 15.1. The van der Waals surface area contributed by atoms with Crippen LogP contribution in [-0.4, -0.2) is 118 Å². The van der Waals surface area contributed by atoms with Crippen molar-refractivity contribution in [1.82, 2.24) is 39.5 Å². The van der Waals surface area contributed by atoms with Crippen molar-refractivity contribution in [2.24, 2.45) is 0 Å². The molecule has 0 radical (unpaired) electrons. The number of piperidine rings is 1. The predicted molar refractivity (Wildman–Crippen MR) is 205 cm³/mol. The Balaban J connectivity index is 0.842. The Morgan fingerprint density at radius 1 is 0.887 bits per heavy atom.